The average Bonchev–Trinajstić information content (AvgIpc) is 2.90. The number of aromatic carboxylic acids is 1. The molecule has 0 unspecified atom stereocenters. The Morgan fingerprint density at radius 2 is 1.77 bits per heavy atom. The summed E-state index contributed by atoms with van der Waals surface area (Å²) in [6.45, 7) is 3.68. The topological polar surface area (TPSA) is 83.6 Å². The lowest BCUT2D eigenvalue weighted by Crippen LogP contribution is -2.28. The second-order valence-electron chi connectivity index (χ2n) is 5.89. The summed E-state index contributed by atoms with van der Waals surface area (Å²) in [5.41, 5.74) is 9.43. The molecule has 5 nitrogen and oxygen atoms in total. The Bertz CT molecular complexity index is 965. The molecule has 3 N–H and O–H groups in total. The molecule has 1 saturated heterocycles. The molecule has 7 heteroatoms. The van der Waals surface area contributed by atoms with E-state index in [0.717, 1.165) is 16.7 Å². The number of thiocarbonyl (C=S) groups is 1. The molecule has 1 amide bonds. The molecule has 2 aromatic rings. The van der Waals surface area contributed by atoms with Crippen molar-refractivity contribution in [1.82, 2.24) is 0 Å². The number of carbonyl (C=O) groups excluding carboxylic acids is 1. The van der Waals surface area contributed by atoms with E-state index in [0.29, 0.717) is 20.6 Å². The Morgan fingerprint density at radius 3 is 2.38 bits per heavy atom. The number of thioether (sulfide) groups is 1. The van der Waals surface area contributed by atoms with E-state index in [4.69, 9.17) is 18.0 Å². The maximum Gasteiger partial charge on any atom is 0.335 e. The van der Waals surface area contributed by atoms with E-state index >= 15 is 0 Å². The van der Waals surface area contributed by atoms with Crippen LogP contribution in [-0.4, -0.2) is 21.3 Å². The van der Waals surface area contributed by atoms with E-state index in [-0.39, 0.29) is 11.5 Å². The Balaban J connectivity index is 2.05. The quantitative estimate of drug-likeness (QED) is 0.471. The summed E-state index contributed by atoms with van der Waals surface area (Å²) < 4.78 is 0.380. The number of allylic oxidation sites excluding steroid dienone is 1. The summed E-state index contributed by atoms with van der Waals surface area (Å²) in [4.78, 5) is 26.2. The van der Waals surface area contributed by atoms with Crippen molar-refractivity contribution < 1.29 is 14.7 Å². The van der Waals surface area contributed by atoms with Gasteiger partial charge in [-0.2, -0.15) is 0 Å². The molecule has 26 heavy (non-hydrogen) atoms. The molecule has 3 rings (SSSR count). The summed E-state index contributed by atoms with van der Waals surface area (Å²) in [7, 11) is 0. The number of nitrogens with zero attached hydrogens (tertiary/aromatic N) is 1. The molecule has 132 valence electrons. The van der Waals surface area contributed by atoms with E-state index in [9.17, 15) is 14.7 Å². The fourth-order valence-corrected chi connectivity index (χ4v) is 3.98. The number of amides is 1. The van der Waals surface area contributed by atoms with Crippen LogP contribution in [0.15, 0.2) is 47.4 Å². The predicted octanol–water partition coefficient (Wildman–Crippen LogP) is 4.07. The van der Waals surface area contributed by atoms with Crippen molar-refractivity contribution in [3.63, 3.8) is 0 Å². The first kappa shape index (κ1) is 18.2. The van der Waals surface area contributed by atoms with Crippen LogP contribution in [0.1, 0.15) is 28.4 Å². The van der Waals surface area contributed by atoms with Gasteiger partial charge < -0.3 is 10.8 Å². The number of nitrogen functional groups attached to an aromatic ring is 1. The molecule has 1 fully saturated rings. The minimum Gasteiger partial charge on any atom is -0.478 e. The SMILES string of the molecule is C/C(=C1/SC(=S)N(c2cc(C(=O)O)ccc2C)C1=O)c1ccc(N)cc1. The van der Waals surface area contributed by atoms with Gasteiger partial charge in [0.2, 0.25) is 0 Å². The van der Waals surface area contributed by atoms with Gasteiger partial charge in [0.05, 0.1) is 16.2 Å². The molecular weight excluding hydrogens is 368 g/mol. The molecule has 0 aromatic heterocycles. The minimum atomic E-state index is -1.05. The zero-order chi connectivity index (χ0) is 19.0. The zero-order valence-electron chi connectivity index (χ0n) is 14.1. The smallest absolute Gasteiger partial charge is 0.335 e. The highest BCUT2D eigenvalue weighted by Crippen LogP contribution is 2.40. The van der Waals surface area contributed by atoms with Gasteiger partial charge in [0, 0.05) is 5.69 Å². The van der Waals surface area contributed by atoms with Crippen molar-refractivity contribution in [2.75, 3.05) is 10.6 Å². The van der Waals surface area contributed by atoms with Crippen LogP contribution in [0.2, 0.25) is 0 Å². The second kappa shape index (κ2) is 6.93. The van der Waals surface area contributed by atoms with Crippen molar-refractivity contribution in [2.24, 2.45) is 0 Å². The van der Waals surface area contributed by atoms with Crippen LogP contribution in [-0.2, 0) is 4.79 Å². The number of carboxylic acids is 1. The van der Waals surface area contributed by atoms with Crippen LogP contribution in [0, 0.1) is 6.92 Å². The van der Waals surface area contributed by atoms with Crippen LogP contribution in [0.25, 0.3) is 5.57 Å². The van der Waals surface area contributed by atoms with Crippen molar-refractivity contribution in [2.45, 2.75) is 13.8 Å². The molecule has 0 spiro atoms. The minimum absolute atomic E-state index is 0.110. The van der Waals surface area contributed by atoms with E-state index in [2.05, 4.69) is 0 Å². The van der Waals surface area contributed by atoms with Gasteiger partial charge in [-0.25, -0.2) is 4.79 Å². The summed E-state index contributed by atoms with van der Waals surface area (Å²) in [6.07, 6.45) is 0. The maximum atomic E-state index is 13.0. The average molecular weight is 384 g/mol. The molecule has 1 aliphatic rings. The first-order valence-corrected chi connectivity index (χ1v) is 8.99. The molecular formula is C19H16N2O3S2. The molecule has 1 heterocycles. The van der Waals surface area contributed by atoms with Gasteiger partial charge >= 0.3 is 5.97 Å². The predicted molar refractivity (Wildman–Crippen MR) is 109 cm³/mol. The summed E-state index contributed by atoms with van der Waals surface area (Å²) >= 11 is 6.62. The first-order valence-electron chi connectivity index (χ1n) is 7.76. The van der Waals surface area contributed by atoms with Gasteiger partial charge in [0.25, 0.3) is 5.91 Å². The Morgan fingerprint density at radius 1 is 1.15 bits per heavy atom. The molecule has 0 bridgehead atoms. The highest BCUT2D eigenvalue weighted by atomic mass is 32.2. The van der Waals surface area contributed by atoms with Crippen LogP contribution in [0.5, 0.6) is 0 Å². The maximum absolute atomic E-state index is 13.0. The molecule has 1 aliphatic heterocycles. The number of benzene rings is 2. The van der Waals surface area contributed by atoms with E-state index in [1.54, 1.807) is 18.2 Å². The van der Waals surface area contributed by atoms with E-state index in [1.807, 2.05) is 26.0 Å². The number of carbonyl (C=O) groups is 2. The number of nitrogens with two attached hydrogens (primary N) is 1. The van der Waals surface area contributed by atoms with Crippen molar-refractivity contribution in [1.29, 1.82) is 0 Å². The standard InChI is InChI=1S/C19H16N2O3S2/c1-10-3-4-13(18(23)24)9-15(10)21-17(22)16(26-19(21)25)11(2)12-5-7-14(20)8-6-12/h3-9H,20H2,1-2H3,(H,23,24)/b16-11-. The Labute approximate surface area is 160 Å². The summed E-state index contributed by atoms with van der Waals surface area (Å²) in [5, 5.41) is 9.23. The highest BCUT2D eigenvalue weighted by Gasteiger charge is 2.35. The normalized spacial score (nSPS) is 16.2. The van der Waals surface area contributed by atoms with Crippen LogP contribution < -0.4 is 10.6 Å². The number of aryl methyl sites for hydroxylation is 1. The van der Waals surface area contributed by atoms with Crippen molar-refractivity contribution in [3.05, 3.63) is 64.1 Å². The van der Waals surface area contributed by atoms with Crippen molar-refractivity contribution >= 4 is 57.1 Å². The van der Waals surface area contributed by atoms with E-state index in [1.165, 1.54) is 28.8 Å². The zero-order valence-corrected chi connectivity index (χ0v) is 15.8. The Kier molecular flexibility index (Phi) is 4.84. The second-order valence-corrected chi connectivity index (χ2v) is 7.54. The molecule has 0 saturated carbocycles. The van der Waals surface area contributed by atoms with Gasteiger partial charge in [0.15, 0.2) is 4.32 Å². The van der Waals surface area contributed by atoms with Gasteiger partial charge in [-0.1, -0.05) is 42.2 Å². The Hall–Kier alpha value is -2.64. The number of rotatable bonds is 3. The molecule has 0 atom stereocenters. The van der Waals surface area contributed by atoms with Crippen LogP contribution in [0.3, 0.4) is 0 Å². The third kappa shape index (κ3) is 3.23. The lowest BCUT2D eigenvalue weighted by molar-refractivity contribution is -0.113. The summed E-state index contributed by atoms with van der Waals surface area (Å²) in [5.74, 6) is -1.30. The number of hydrogen-bond donors (Lipinski definition) is 2. The third-order valence-corrected chi connectivity index (χ3v) is 5.63. The molecule has 0 aliphatic carbocycles. The molecule has 2 aromatic carbocycles. The van der Waals surface area contributed by atoms with E-state index < -0.39 is 5.97 Å². The summed E-state index contributed by atoms with van der Waals surface area (Å²) in [6, 6.07) is 11.9. The fraction of sp³-hybridized carbons (Fsp3) is 0.105. The van der Waals surface area contributed by atoms with Gasteiger partial charge in [0.1, 0.15) is 0 Å². The van der Waals surface area contributed by atoms with Gasteiger partial charge in [-0.15, -0.1) is 0 Å². The fourth-order valence-electron chi connectivity index (χ4n) is 2.65. The highest BCUT2D eigenvalue weighted by molar-refractivity contribution is 8.27. The number of anilines is 2. The van der Waals surface area contributed by atoms with Gasteiger partial charge in [-0.05, 0) is 54.8 Å². The van der Waals surface area contributed by atoms with Gasteiger partial charge in [-0.3, -0.25) is 9.69 Å². The lowest BCUT2D eigenvalue weighted by Gasteiger charge is -2.18. The number of hydrogen-bond acceptors (Lipinski definition) is 5. The third-order valence-electron chi connectivity index (χ3n) is 4.15. The largest absolute Gasteiger partial charge is 0.478 e. The molecule has 0 radical (unpaired) electrons. The number of carboxylic acid groups (broad SMARTS) is 1. The lowest BCUT2D eigenvalue weighted by atomic mass is 10.1. The first-order chi connectivity index (χ1) is 12.3. The monoisotopic (exact) mass is 384 g/mol. The van der Waals surface area contributed by atoms with Crippen LogP contribution >= 0.6 is 24.0 Å². The van der Waals surface area contributed by atoms with Crippen molar-refractivity contribution in [3.8, 4) is 0 Å². The van der Waals surface area contributed by atoms with Crippen LogP contribution in [0.4, 0.5) is 11.4 Å².